The molecule has 0 saturated carbocycles. The summed E-state index contributed by atoms with van der Waals surface area (Å²) in [4.78, 5) is 29.1. The monoisotopic (exact) mass is 390 g/mol. The van der Waals surface area contributed by atoms with E-state index in [1.165, 1.54) is 7.11 Å². The zero-order chi connectivity index (χ0) is 19.8. The van der Waals surface area contributed by atoms with Crippen molar-refractivity contribution in [3.05, 3.63) is 40.6 Å². The molecule has 144 valence electrons. The van der Waals surface area contributed by atoms with Gasteiger partial charge in [-0.05, 0) is 51.0 Å². The molecule has 0 saturated heterocycles. The summed E-state index contributed by atoms with van der Waals surface area (Å²) >= 11 is 6.32. The second kappa shape index (κ2) is 7.27. The topological polar surface area (TPSA) is 71.6 Å². The van der Waals surface area contributed by atoms with Crippen molar-refractivity contribution in [1.82, 2.24) is 9.88 Å². The predicted molar refractivity (Wildman–Crippen MR) is 105 cm³/mol. The highest BCUT2D eigenvalue weighted by atomic mass is 35.5. The second-order valence-corrected chi connectivity index (χ2v) is 7.92. The lowest BCUT2D eigenvalue weighted by Crippen LogP contribution is -2.39. The van der Waals surface area contributed by atoms with Gasteiger partial charge in [-0.25, -0.2) is 9.59 Å². The summed E-state index contributed by atoms with van der Waals surface area (Å²) in [6.07, 6.45) is 2.52. The zero-order valence-electron chi connectivity index (χ0n) is 15.9. The van der Waals surface area contributed by atoms with Crippen LogP contribution in [-0.4, -0.2) is 47.7 Å². The van der Waals surface area contributed by atoms with E-state index in [1.54, 1.807) is 17.0 Å². The average Bonchev–Trinajstić information content (AvgIpc) is 3.04. The molecule has 1 aliphatic rings. The Balaban J connectivity index is 1.87. The molecule has 0 atom stereocenters. The Labute approximate surface area is 163 Å². The minimum atomic E-state index is -0.530. The molecule has 27 heavy (non-hydrogen) atoms. The molecule has 3 rings (SSSR count). The van der Waals surface area contributed by atoms with Gasteiger partial charge >= 0.3 is 12.1 Å². The number of aromatic amines is 1. The van der Waals surface area contributed by atoms with Crippen LogP contribution in [0.15, 0.2) is 24.3 Å². The maximum absolute atomic E-state index is 12.4. The van der Waals surface area contributed by atoms with E-state index in [-0.39, 0.29) is 6.09 Å². The maximum Gasteiger partial charge on any atom is 0.410 e. The van der Waals surface area contributed by atoms with Crippen molar-refractivity contribution < 1.29 is 19.1 Å². The summed E-state index contributed by atoms with van der Waals surface area (Å²) in [7, 11) is 1.33. The summed E-state index contributed by atoms with van der Waals surface area (Å²) in [6.45, 7) is 6.62. The van der Waals surface area contributed by atoms with Crippen LogP contribution < -0.4 is 0 Å². The molecule has 0 spiro atoms. The molecule has 0 radical (unpaired) electrons. The van der Waals surface area contributed by atoms with E-state index in [9.17, 15) is 9.59 Å². The SMILES string of the molecule is COC(=O)c1cc(Cl)c2[nH]c(C3=CCCN(C(=O)OC(C)(C)C)C3)cc2c1. The maximum atomic E-state index is 12.4. The lowest BCUT2D eigenvalue weighted by atomic mass is 10.1. The number of halogens is 1. The number of carbonyl (C=O) groups is 2. The highest BCUT2D eigenvalue weighted by molar-refractivity contribution is 6.35. The van der Waals surface area contributed by atoms with Crippen molar-refractivity contribution in [2.24, 2.45) is 0 Å². The molecule has 0 bridgehead atoms. The summed E-state index contributed by atoms with van der Waals surface area (Å²) in [6, 6.07) is 5.25. The molecule has 0 fully saturated rings. The van der Waals surface area contributed by atoms with Gasteiger partial charge in [-0.2, -0.15) is 0 Å². The molecule has 1 aliphatic heterocycles. The van der Waals surface area contributed by atoms with E-state index >= 15 is 0 Å². The standard InChI is InChI=1S/C20H23ClN2O4/c1-20(2,3)27-19(25)23-7-5-6-12(11-23)16-10-13-8-14(18(24)26-4)9-15(21)17(13)22-16/h6,8-10,22H,5,7,11H2,1-4H3. The second-order valence-electron chi connectivity index (χ2n) is 7.52. The fourth-order valence-corrected chi connectivity index (χ4v) is 3.30. The number of benzene rings is 1. The van der Waals surface area contributed by atoms with Crippen LogP contribution in [0.2, 0.25) is 5.02 Å². The smallest absolute Gasteiger partial charge is 0.410 e. The molecule has 1 amide bonds. The van der Waals surface area contributed by atoms with E-state index in [0.717, 1.165) is 28.6 Å². The van der Waals surface area contributed by atoms with Crippen LogP contribution in [0.1, 0.15) is 43.2 Å². The minimum absolute atomic E-state index is 0.324. The first-order chi connectivity index (χ1) is 12.7. The zero-order valence-corrected chi connectivity index (χ0v) is 16.6. The number of hydrogen-bond donors (Lipinski definition) is 1. The number of fused-ring (bicyclic) bond motifs is 1. The van der Waals surface area contributed by atoms with Crippen LogP contribution in [0, 0.1) is 0 Å². The van der Waals surface area contributed by atoms with Crippen LogP contribution in [0.5, 0.6) is 0 Å². The number of carbonyl (C=O) groups excluding carboxylic acids is 2. The molecular weight excluding hydrogens is 368 g/mol. The third-order valence-corrected chi connectivity index (χ3v) is 4.55. The van der Waals surface area contributed by atoms with Gasteiger partial charge in [0.15, 0.2) is 0 Å². The summed E-state index contributed by atoms with van der Waals surface area (Å²) < 4.78 is 10.2. The molecular formula is C20H23ClN2O4. The van der Waals surface area contributed by atoms with E-state index in [0.29, 0.717) is 23.7 Å². The minimum Gasteiger partial charge on any atom is -0.465 e. The van der Waals surface area contributed by atoms with Gasteiger partial charge in [-0.1, -0.05) is 17.7 Å². The van der Waals surface area contributed by atoms with E-state index in [4.69, 9.17) is 21.1 Å². The van der Waals surface area contributed by atoms with Gasteiger partial charge in [0.25, 0.3) is 0 Å². The van der Waals surface area contributed by atoms with Crippen molar-refractivity contribution in [2.45, 2.75) is 32.8 Å². The van der Waals surface area contributed by atoms with Gasteiger partial charge in [0.1, 0.15) is 5.60 Å². The first-order valence-electron chi connectivity index (χ1n) is 8.76. The van der Waals surface area contributed by atoms with Crippen molar-refractivity contribution in [3.63, 3.8) is 0 Å². The van der Waals surface area contributed by atoms with Crippen molar-refractivity contribution >= 4 is 40.1 Å². The first-order valence-corrected chi connectivity index (χ1v) is 9.13. The number of aromatic nitrogens is 1. The molecule has 6 nitrogen and oxygen atoms in total. The van der Waals surface area contributed by atoms with Gasteiger partial charge < -0.3 is 19.4 Å². The van der Waals surface area contributed by atoms with Gasteiger partial charge in [0, 0.05) is 17.6 Å². The number of rotatable bonds is 2. The van der Waals surface area contributed by atoms with Crippen LogP contribution >= 0.6 is 11.6 Å². The largest absolute Gasteiger partial charge is 0.465 e. The Bertz CT molecular complexity index is 924. The summed E-state index contributed by atoms with van der Waals surface area (Å²) in [5.41, 5.74) is 2.46. The third-order valence-electron chi connectivity index (χ3n) is 4.25. The number of nitrogens with one attached hydrogen (secondary N) is 1. The third kappa shape index (κ3) is 4.27. The molecule has 1 N–H and O–H groups in total. The number of H-pyrrole nitrogens is 1. The summed E-state index contributed by atoms with van der Waals surface area (Å²) in [5, 5.41) is 1.26. The lowest BCUT2D eigenvalue weighted by Gasteiger charge is -2.30. The molecule has 2 aromatic rings. The fourth-order valence-electron chi connectivity index (χ4n) is 3.03. The lowest BCUT2D eigenvalue weighted by molar-refractivity contribution is 0.0272. The molecule has 0 unspecified atom stereocenters. The quantitative estimate of drug-likeness (QED) is 0.758. The Kier molecular flexibility index (Phi) is 5.20. The van der Waals surface area contributed by atoms with Crippen molar-refractivity contribution in [3.8, 4) is 0 Å². The number of nitrogens with zero attached hydrogens (tertiary/aromatic N) is 1. The van der Waals surface area contributed by atoms with Crippen molar-refractivity contribution in [2.75, 3.05) is 20.2 Å². The number of ether oxygens (including phenoxy) is 2. The summed E-state index contributed by atoms with van der Waals surface area (Å²) in [5.74, 6) is -0.436. The van der Waals surface area contributed by atoms with Crippen LogP contribution in [0.25, 0.3) is 16.5 Å². The Morgan fingerprint density at radius 1 is 1.22 bits per heavy atom. The van der Waals surface area contributed by atoms with Crippen molar-refractivity contribution in [1.29, 1.82) is 0 Å². The predicted octanol–water partition coefficient (Wildman–Crippen LogP) is 4.63. The average molecular weight is 391 g/mol. The number of amides is 1. The van der Waals surface area contributed by atoms with Gasteiger partial charge in [0.05, 0.1) is 29.8 Å². The van der Waals surface area contributed by atoms with Crippen LogP contribution in [0.4, 0.5) is 4.79 Å². The fraction of sp³-hybridized carbons (Fsp3) is 0.400. The van der Waals surface area contributed by atoms with Crippen LogP contribution in [-0.2, 0) is 9.47 Å². The first kappa shape index (κ1) is 19.3. The van der Waals surface area contributed by atoms with E-state index in [1.807, 2.05) is 26.8 Å². The molecule has 1 aromatic heterocycles. The normalized spacial score (nSPS) is 14.9. The molecule has 2 heterocycles. The van der Waals surface area contributed by atoms with Crippen LogP contribution in [0.3, 0.4) is 0 Å². The van der Waals surface area contributed by atoms with Gasteiger partial charge in [-0.15, -0.1) is 0 Å². The highest BCUT2D eigenvalue weighted by Gasteiger charge is 2.25. The Morgan fingerprint density at radius 3 is 2.63 bits per heavy atom. The Morgan fingerprint density at radius 2 is 1.96 bits per heavy atom. The number of esters is 1. The Hall–Kier alpha value is -2.47. The molecule has 1 aromatic carbocycles. The van der Waals surface area contributed by atoms with E-state index < -0.39 is 11.6 Å². The number of hydrogen-bond acceptors (Lipinski definition) is 4. The molecule has 0 aliphatic carbocycles. The highest BCUT2D eigenvalue weighted by Crippen LogP contribution is 2.30. The van der Waals surface area contributed by atoms with Gasteiger partial charge in [-0.3, -0.25) is 0 Å². The molecule has 7 heteroatoms. The van der Waals surface area contributed by atoms with E-state index in [2.05, 4.69) is 11.1 Å². The number of methoxy groups -OCH3 is 1. The van der Waals surface area contributed by atoms with Gasteiger partial charge in [0.2, 0.25) is 0 Å².